The van der Waals surface area contributed by atoms with Gasteiger partial charge in [0.05, 0.1) is 0 Å². The van der Waals surface area contributed by atoms with Crippen LogP contribution in [-0.4, -0.2) is 27.7 Å². The number of hydrogen-bond acceptors (Lipinski definition) is 2. The monoisotopic (exact) mass is 388 g/mol. The molecule has 0 heterocycles. The SMILES string of the molecule is CCCC(=O)C[CH2][Sn]([Cl])([Cl])[CH2]CC(=O)CCC. The molecule has 0 bridgehead atoms. The fraction of sp³-hybridized carbons (Fsp3) is 0.833. The molecule has 0 fully saturated rings. The standard InChI is InChI=1S/2C6H11O.2ClH.Sn/c2*1-3-5-6(7)4-2;;;/h2*2-5H2,1H3;2*1H;/q;;;;+2/p-2. The Hall–Kier alpha value is 0.719. The second-order valence-electron chi connectivity index (χ2n) is 4.43. The molecule has 0 amide bonds. The maximum absolute atomic E-state index is 11.4. The molecule has 0 aromatic carbocycles. The number of Topliss-reactive ketones (excluding diaryl/α,β-unsaturated/α-hetero) is 2. The second-order valence-corrected chi connectivity index (χ2v) is 23.2. The molecule has 17 heavy (non-hydrogen) atoms. The van der Waals surface area contributed by atoms with E-state index in [-0.39, 0.29) is 11.6 Å². The van der Waals surface area contributed by atoms with E-state index >= 15 is 0 Å². The minimum atomic E-state index is -3.12. The summed E-state index contributed by atoms with van der Waals surface area (Å²) < 4.78 is 1.30. The van der Waals surface area contributed by atoms with Gasteiger partial charge in [0.1, 0.15) is 0 Å². The Morgan fingerprint density at radius 1 is 0.824 bits per heavy atom. The molecule has 0 aromatic heterocycles. The Balaban J connectivity index is 3.86. The zero-order chi connectivity index (χ0) is 13.3. The van der Waals surface area contributed by atoms with Gasteiger partial charge in [0, 0.05) is 0 Å². The maximum atomic E-state index is 11.4. The van der Waals surface area contributed by atoms with Crippen LogP contribution in [0, 0.1) is 0 Å². The second kappa shape index (κ2) is 9.62. The minimum absolute atomic E-state index is 0.245. The van der Waals surface area contributed by atoms with Gasteiger partial charge in [-0.2, -0.15) is 0 Å². The summed E-state index contributed by atoms with van der Waals surface area (Å²) in [7, 11) is 12.6. The number of carbonyl (C=O) groups is 2. The first kappa shape index (κ1) is 17.7. The van der Waals surface area contributed by atoms with Gasteiger partial charge in [-0.3, -0.25) is 0 Å². The van der Waals surface area contributed by atoms with Crippen LogP contribution in [-0.2, 0) is 9.59 Å². The normalized spacial score (nSPS) is 11.5. The molecule has 100 valence electrons. The quantitative estimate of drug-likeness (QED) is 0.520. The van der Waals surface area contributed by atoms with E-state index in [1.165, 1.54) is 0 Å². The van der Waals surface area contributed by atoms with Crippen LogP contribution in [0.25, 0.3) is 0 Å². The van der Waals surface area contributed by atoms with Gasteiger partial charge in [-0.25, -0.2) is 0 Å². The molecule has 0 aromatic rings. The van der Waals surface area contributed by atoms with Gasteiger partial charge in [0.25, 0.3) is 0 Å². The van der Waals surface area contributed by atoms with E-state index in [9.17, 15) is 9.59 Å². The summed E-state index contributed by atoms with van der Waals surface area (Å²) >= 11 is -3.12. The molecule has 0 spiro atoms. The van der Waals surface area contributed by atoms with Gasteiger partial charge >= 0.3 is 116 Å². The van der Waals surface area contributed by atoms with Gasteiger partial charge in [-0.1, -0.05) is 0 Å². The van der Waals surface area contributed by atoms with E-state index in [0.717, 1.165) is 12.8 Å². The van der Waals surface area contributed by atoms with Crippen LogP contribution in [0.5, 0.6) is 0 Å². The third-order valence-electron chi connectivity index (χ3n) is 2.60. The van der Waals surface area contributed by atoms with E-state index < -0.39 is 16.1 Å². The van der Waals surface area contributed by atoms with E-state index in [2.05, 4.69) is 0 Å². The van der Waals surface area contributed by atoms with Crippen molar-refractivity contribution in [2.45, 2.75) is 61.2 Å². The summed E-state index contributed by atoms with van der Waals surface area (Å²) in [5.41, 5.74) is 0. The number of carbonyl (C=O) groups excluding carboxylic acids is 2. The molecule has 0 radical (unpaired) electrons. The topological polar surface area (TPSA) is 34.1 Å². The van der Waals surface area contributed by atoms with Crippen molar-refractivity contribution in [1.82, 2.24) is 0 Å². The molecule has 5 heteroatoms. The molecule has 2 nitrogen and oxygen atoms in total. The Morgan fingerprint density at radius 2 is 1.18 bits per heavy atom. The number of halogens is 2. The summed E-state index contributed by atoms with van der Waals surface area (Å²) in [5, 5.41) is 0. The fourth-order valence-corrected chi connectivity index (χ4v) is 8.51. The molecule has 0 aliphatic heterocycles. The van der Waals surface area contributed by atoms with Crippen LogP contribution in [0.15, 0.2) is 0 Å². The van der Waals surface area contributed by atoms with E-state index in [1.807, 2.05) is 13.8 Å². The van der Waals surface area contributed by atoms with Crippen molar-refractivity contribution in [1.29, 1.82) is 0 Å². The molecular weight excluding hydrogens is 366 g/mol. The Bertz CT molecular complexity index is 231. The average Bonchev–Trinajstić information content (AvgIpc) is 2.25. The fourth-order valence-electron chi connectivity index (χ4n) is 1.58. The van der Waals surface area contributed by atoms with Crippen LogP contribution in [0.3, 0.4) is 0 Å². The zero-order valence-electron chi connectivity index (χ0n) is 10.7. The molecule has 0 aliphatic rings. The molecule has 0 saturated carbocycles. The Labute approximate surface area is 116 Å². The first-order valence-electron chi connectivity index (χ1n) is 6.32. The predicted octanol–water partition coefficient (Wildman–Crippen LogP) is 4.42. The van der Waals surface area contributed by atoms with E-state index in [1.54, 1.807) is 0 Å². The van der Waals surface area contributed by atoms with Crippen molar-refractivity contribution < 1.29 is 9.59 Å². The summed E-state index contributed by atoms with van der Waals surface area (Å²) in [5.74, 6) is 0.490. The number of hydrogen-bond donors (Lipinski definition) is 0. The molecule has 0 unspecified atom stereocenters. The molecule has 0 rings (SSSR count). The Morgan fingerprint density at radius 3 is 1.47 bits per heavy atom. The van der Waals surface area contributed by atoms with Crippen molar-refractivity contribution in [2.24, 2.45) is 0 Å². The van der Waals surface area contributed by atoms with E-state index in [4.69, 9.17) is 17.8 Å². The van der Waals surface area contributed by atoms with Crippen molar-refractivity contribution in [3.05, 3.63) is 0 Å². The summed E-state index contributed by atoms with van der Waals surface area (Å²) in [4.78, 5) is 22.8. The van der Waals surface area contributed by atoms with Crippen molar-refractivity contribution in [3.63, 3.8) is 0 Å². The van der Waals surface area contributed by atoms with Gasteiger partial charge in [-0.15, -0.1) is 0 Å². The number of rotatable bonds is 10. The van der Waals surface area contributed by atoms with Gasteiger partial charge in [0.2, 0.25) is 0 Å². The molecule has 0 aliphatic carbocycles. The summed E-state index contributed by atoms with van der Waals surface area (Å²) in [6, 6.07) is 0. The van der Waals surface area contributed by atoms with E-state index in [0.29, 0.717) is 34.6 Å². The molecule has 0 saturated heterocycles. The third-order valence-corrected chi connectivity index (χ3v) is 13.3. The first-order valence-corrected chi connectivity index (χ1v) is 17.6. The average molecular weight is 388 g/mol. The Kier molecular flexibility index (Phi) is 10.0. The van der Waals surface area contributed by atoms with Gasteiger partial charge in [-0.05, 0) is 0 Å². The molecule has 0 atom stereocenters. The zero-order valence-corrected chi connectivity index (χ0v) is 15.1. The van der Waals surface area contributed by atoms with Crippen molar-refractivity contribution in [3.8, 4) is 0 Å². The summed E-state index contributed by atoms with van der Waals surface area (Å²) in [6.45, 7) is 3.97. The van der Waals surface area contributed by atoms with Crippen molar-refractivity contribution >= 4 is 45.5 Å². The van der Waals surface area contributed by atoms with Gasteiger partial charge in [0.15, 0.2) is 0 Å². The van der Waals surface area contributed by atoms with Gasteiger partial charge < -0.3 is 0 Å². The first-order chi connectivity index (χ1) is 7.91. The third kappa shape index (κ3) is 10.3. The van der Waals surface area contributed by atoms with Crippen LogP contribution in [0.4, 0.5) is 0 Å². The van der Waals surface area contributed by atoms with Crippen LogP contribution >= 0.6 is 17.8 Å². The number of ketones is 2. The molecule has 0 N–H and O–H groups in total. The predicted molar refractivity (Wildman–Crippen MR) is 76.1 cm³/mol. The van der Waals surface area contributed by atoms with Crippen LogP contribution < -0.4 is 0 Å². The van der Waals surface area contributed by atoms with Crippen LogP contribution in [0.2, 0.25) is 8.87 Å². The summed E-state index contributed by atoms with van der Waals surface area (Å²) in [6.07, 6.45) is 3.98. The van der Waals surface area contributed by atoms with Crippen LogP contribution in [0.1, 0.15) is 52.4 Å². The van der Waals surface area contributed by atoms with Crippen molar-refractivity contribution in [2.75, 3.05) is 0 Å². The molecular formula is C12H22Cl2O2Sn.